The predicted molar refractivity (Wildman–Crippen MR) is 343 cm³/mol. The maximum atomic E-state index is 2.78. The fraction of sp³-hybridized carbons (Fsp3) is 0.449. The molecule has 0 spiro atoms. The predicted octanol–water partition coefficient (Wildman–Crippen LogP) is 18.5. The molecule has 5 heteroatoms. The van der Waals surface area contributed by atoms with Crippen LogP contribution in [0.5, 0.6) is 0 Å². The van der Waals surface area contributed by atoms with Crippen LogP contribution in [0.3, 0.4) is 0 Å². The number of aryl methyl sites for hydroxylation is 3. The second kappa shape index (κ2) is 21.7. The maximum absolute atomic E-state index is 2.78. The van der Waals surface area contributed by atoms with E-state index in [9.17, 15) is 0 Å². The third kappa shape index (κ3) is 11.7. The molecule has 7 aromatic rings. The summed E-state index contributed by atoms with van der Waals surface area (Å²) in [6.45, 7) is 50.3. The van der Waals surface area contributed by atoms with Gasteiger partial charge in [0.05, 0.1) is 37.8 Å². The largest absolute Gasteiger partial charge is 0.309 e. The Morgan fingerprint density at radius 3 is 1.16 bits per heavy atom. The van der Waals surface area contributed by atoms with E-state index >= 15 is 0 Å². The second-order valence-electron chi connectivity index (χ2n) is 26.6. The molecule has 0 unspecified atom stereocenters. The number of hydrogen-bond donors (Lipinski definition) is 0. The topological polar surface area (TPSA) is 6.48 Å². The number of fused-ring (bicyclic) bond motifs is 2. The van der Waals surface area contributed by atoms with Crippen molar-refractivity contribution in [3.8, 4) is 0 Å². The van der Waals surface area contributed by atoms with Gasteiger partial charge in [0.1, 0.15) is 0 Å². The van der Waals surface area contributed by atoms with Gasteiger partial charge >= 0.3 is 0 Å². The molecule has 7 aromatic carbocycles. The van der Waals surface area contributed by atoms with Crippen LogP contribution in [0, 0.1) is 20.8 Å². The van der Waals surface area contributed by atoms with Gasteiger partial charge in [-0.1, -0.05) is 236 Å². The molecule has 0 N–H and O–H groups in total. The fourth-order valence-corrected chi connectivity index (χ4v) is 19.3. The van der Waals surface area contributed by atoms with Crippen LogP contribution in [0.15, 0.2) is 109 Å². The van der Waals surface area contributed by atoms with E-state index in [1.165, 1.54) is 136 Å². The van der Waals surface area contributed by atoms with Gasteiger partial charge in [0.15, 0.2) is 0 Å². The van der Waals surface area contributed by atoms with Gasteiger partial charge in [-0.25, -0.2) is 0 Å². The lowest BCUT2D eigenvalue weighted by Gasteiger charge is -2.37. The molecule has 0 aliphatic carbocycles. The highest BCUT2D eigenvalue weighted by Crippen LogP contribution is 2.53. The zero-order valence-electron chi connectivity index (χ0n) is 50.3. The van der Waals surface area contributed by atoms with Gasteiger partial charge in [0, 0.05) is 44.3 Å². The summed E-state index contributed by atoms with van der Waals surface area (Å²) in [5.41, 5.74) is 16.7. The van der Waals surface area contributed by atoms with E-state index in [1.807, 2.05) is 0 Å². The van der Waals surface area contributed by atoms with Crippen LogP contribution in [0.25, 0.3) is 21.5 Å². The third-order valence-electron chi connectivity index (χ3n) is 16.9. The molecule has 74 heavy (non-hydrogen) atoms. The molecule has 394 valence electrons. The molecule has 0 saturated carbocycles. The van der Waals surface area contributed by atoms with Crippen LogP contribution in [0.1, 0.15) is 164 Å². The third-order valence-corrected chi connectivity index (χ3v) is 27.2. The standard InChI is InChI=1S/C69H96N2Si3/c1-22-72-57-33-48(9)32-53(42-57)70(54-38-49(66(10,11)12)36-50(39-54)67(13,14)15)64-60-30-28-47(8)35-63(60)65(61-31-29-46(7)34-62(61)64)71(55-40-51(68(16,17)18)37-52(41-55)69(19,20)21)56-43-58(73(23-2)24-3)45-59(44-56)74(25-4,26-5)27-6/h28-45,73H,22-27,72H2,1-21H3. The zero-order chi connectivity index (χ0) is 54.5. The van der Waals surface area contributed by atoms with Crippen molar-refractivity contribution in [2.75, 3.05) is 9.80 Å². The number of hydrogen-bond acceptors (Lipinski definition) is 2. The molecule has 2 nitrogen and oxygen atoms in total. The highest BCUT2D eigenvalue weighted by molar-refractivity contribution is 6.92. The first-order valence-corrected chi connectivity index (χ1v) is 35.3. The van der Waals surface area contributed by atoms with E-state index in [0.717, 1.165) is 0 Å². The van der Waals surface area contributed by atoms with E-state index < -0.39 is 26.4 Å². The van der Waals surface area contributed by atoms with Crippen molar-refractivity contribution < 1.29 is 0 Å². The van der Waals surface area contributed by atoms with Crippen molar-refractivity contribution in [3.05, 3.63) is 148 Å². The van der Waals surface area contributed by atoms with E-state index in [-0.39, 0.29) is 21.7 Å². The Balaban J connectivity index is 1.78. The summed E-state index contributed by atoms with van der Waals surface area (Å²) < 4.78 is 0. The van der Waals surface area contributed by atoms with Gasteiger partial charge in [-0.3, -0.25) is 0 Å². The van der Waals surface area contributed by atoms with Gasteiger partial charge in [-0.15, -0.1) is 0 Å². The molecule has 0 heterocycles. The van der Waals surface area contributed by atoms with Gasteiger partial charge in [-0.2, -0.15) is 0 Å². The lowest BCUT2D eigenvalue weighted by Crippen LogP contribution is -2.48. The molecule has 0 aromatic heterocycles. The van der Waals surface area contributed by atoms with Crippen molar-refractivity contribution in [2.24, 2.45) is 0 Å². The Morgan fingerprint density at radius 1 is 0.405 bits per heavy atom. The van der Waals surface area contributed by atoms with Gasteiger partial charge in [0.2, 0.25) is 0 Å². The van der Waals surface area contributed by atoms with Gasteiger partial charge in [0.25, 0.3) is 0 Å². The summed E-state index contributed by atoms with van der Waals surface area (Å²) in [7, 11) is -3.57. The summed E-state index contributed by atoms with van der Waals surface area (Å²) in [6, 6.07) is 53.0. The summed E-state index contributed by atoms with van der Waals surface area (Å²) in [4.78, 5) is 5.47. The van der Waals surface area contributed by atoms with E-state index in [4.69, 9.17) is 0 Å². The molecule has 0 aliphatic rings. The minimum absolute atomic E-state index is 0.0527. The first-order valence-electron chi connectivity index (χ1n) is 28.8. The van der Waals surface area contributed by atoms with Crippen LogP contribution in [0.4, 0.5) is 34.1 Å². The molecule has 7 rings (SSSR count). The normalized spacial score (nSPS) is 13.1. The van der Waals surface area contributed by atoms with Crippen LogP contribution in [-0.2, 0) is 21.7 Å². The van der Waals surface area contributed by atoms with Crippen molar-refractivity contribution in [1.29, 1.82) is 0 Å². The summed E-state index contributed by atoms with van der Waals surface area (Å²) in [5.74, 6) is 0. The zero-order valence-corrected chi connectivity index (χ0v) is 53.9. The number of rotatable bonds is 15. The first-order chi connectivity index (χ1) is 34.6. The van der Waals surface area contributed by atoms with Gasteiger partial charge in [-0.05, 0) is 131 Å². The van der Waals surface area contributed by atoms with E-state index in [0.29, 0.717) is 0 Å². The van der Waals surface area contributed by atoms with Crippen LogP contribution in [0.2, 0.25) is 36.3 Å². The molecule has 0 fully saturated rings. The van der Waals surface area contributed by atoms with Crippen molar-refractivity contribution in [2.45, 2.75) is 203 Å². The lowest BCUT2D eigenvalue weighted by molar-refractivity contribution is 0.568. The monoisotopic (exact) mass is 1040 g/mol. The SMILES string of the molecule is CC[SiH2]c1cc(C)cc(N(c2cc(C(C)(C)C)cc(C(C)(C)C)c2)c2c3ccc(C)cc3c(N(c3cc(C(C)(C)C)cc(C(C)(C)C)c3)c3cc([SiH](CC)CC)cc([Si](CC)(CC)CC)c3)c3ccc(C)cc23)c1. The molecule has 0 amide bonds. The highest BCUT2D eigenvalue weighted by Gasteiger charge is 2.34. The van der Waals surface area contributed by atoms with E-state index in [1.54, 1.807) is 10.4 Å². The minimum Gasteiger partial charge on any atom is -0.309 e. The smallest absolute Gasteiger partial charge is 0.0860 e. The molecule has 0 radical (unpaired) electrons. The molecule has 0 aliphatic heterocycles. The van der Waals surface area contributed by atoms with Crippen molar-refractivity contribution >= 4 is 97.6 Å². The molecular weight excluding hydrogens is 941 g/mol. The van der Waals surface area contributed by atoms with Crippen LogP contribution >= 0.6 is 0 Å². The fourth-order valence-electron chi connectivity index (χ4n) is 11.8. The number of nitrogens with zero attached hydrogens (tertiary/aromatic N) is 2. The Kier molecular flexibility index (Phi) is 16.8. The summed E-state index contributed by atoms with van der Waals surface area (Å²) in [6.07, 6.45) is 0. The summed E-state index contributed by atoms with van der Waals surface area (Å²) >= 11 is 0. The average molecular weight is 1040 g/mol. The van der Waals surface area contributed by atoms with Crippen LogP contribution in [-0.4, -0.2) is 26.4 Å². The van der Waals surface area contributed by atoms with Crippen molar-refractivity contribution in [1.82, 2.24) is 0 Å². The lowest BCUT2D eigenvalue weighted by atomic mass is 9.80. The Bertz CT molecular complexity index is 3070. The Hall–Kier alpha value is -4.69. The maximum Gasteiger partial charge on any atom is 0.0860 e. The first kappa shape index (κ1) is 57.0. The quantitative estimate of drug-likeness (QED) is 0.0574. The van der Waals surface area contributed by atoms with E-state index in [2.05, 4.69) is 264 Å². The van der Waals surface area contributed by atoms with Gasteiger partial charge < -0.3 is 9.80 Å². The molecule has 0 saturated heterocycles. The molecule has 0 atom stereocenters. The number of anilines is 6. The van der Waals surface area contributed by atoms with Crippen LogP contribution < -0.4 is 25.4 Å². The molecule has 0 bridgehead atoms. The average Bonchev–Trinajstić information content (AvgIpc) is 3.32. The highest BCUT2D eigenvalue weighted by atomic mass is 28.3. The summed E-state index contributed by atoms with van der Waals surface area (Å²) in [5, 5.41) is 9.92. The molecular formula is C69H96N2Si3. The van der Waals surface area contributed by atoms with Crippen molar-refractivity contribution in [3.63, 3.8) is 0 Å². The number of benzene rings is 7. The minimum atomic E-state index is -1.84. The Labute approximate surface area is 456 Å². The Morgan fingerprint density at radius 2 is 0.797 bits per heavy atom. The second-order valence-corrected chi connectivity index (χ2v) is 37.9.